The smallest absolute Gasteiger partial charge is 0.137 e. The predicted octanol–water partition coefficient (Wildman–Crippen LogP) is 1.38. The minimum atomic E-state index is 0.741. The maximum Gasteiger partial charge on any atom is 0.137 e. The second kappa shape index (κ2) is 6.84. The van der Waals surface area contributed by atoms with E-state index >= 15 is 0 Å². The molecular formula is C18H20BrClN4+2. The molecular weight excluding hydrogens is 388 g/mol. The minimum absolute atomic E-state index is 0.741. The zero-order chi connectivity index (χ0) is 16.5. The number of piperazine rings is 1. The van der Waals surface area contributed by atoms with Crippen molar-refractivity contribution >= 4 is 33.2 Å². The lowest BCUT2D eigenvalue weighted by molar-refractivity contribution is -0.958. The van der Waals surface area contributed by atoms with Gasteiger partial charge in [-0.1, -0.05) is 39.7 Å². The van der Waals surface area contributed by atoms with Gasteiger partial charge in [-0.05, 0) is 24.3 Å². The molecule has 1 fully saturated rings. The Bertz CT molecular complexity index is 853. The summed E-state index contributed by atoms with van der Waals surface area (Å²) in [6.07, 6.45) is 1.98. The molecule has 0 unspecified atom stereocenters. The van der Waals surface area contributed by atoms with Crippen LogP contribution in [0.1, 0.15) is 5.69 Å². The van der Waals surface area contributed by atoms with Gasteiger partial charge in [-0.25, -0.2) is 4.98 Å². The minimum Gasteiger partial charge on any atom is -0.337 e. The standard InChI is InChI=1S/C18H18BrClN4/c19-14-3-1-13(2-4-14)18-16(12-23-9-7-21-8-10-23)24-11-15(20)5-6-17(24)22-18/h1-6,11,21H,7-10,12H2/p+2. The van der Waals surface area contributed by atoms with Crippen molar-refractivity contribution < 1.29 is 10.2 Å². The lowest BCUT2D eigenvalue weighted by Crippen LogP contribution is -3.19. The molecule has 0 bridgehead atoms. The zero-order valence-corrected chi connectivity index (χ0v) is 15.6. The highest BCUT2D eigenvalue weighted by molar-refractivity contribution is 9.10. The number of rotatable bonds is 3. The Morgan fingerprint density at radius 1 is 1.12 bits per heavy atom. The molecule has 1 saturated heterocycles. The second-order valence-electron chi connectivity index (χ2n) is 6.28. The number of imidazole rings is 1. The van der Waals surface area contributed by atoms with Crippen LogP contribution in [-0.4, -0.2) is 35.6 Å². The second-order valence-corrected chi connectivity index (χ2v) is 7.63. The van der Waals surface area contributed by atoms with E-state index in [9.17, 15) is 0 Å². The molecule has 0 atom stereocenters. The molecule has 24 heavy (non-hydrogen) atoms. The van der Waals surface area contributed by atoms with E-state index in [2.05, 4.69) is 49.9 Å². The van der Waals surface area contributed by atoms with E-state index in [0.29, 0.717) is 0 Å². The van der Waals surface area contributed by atoms with Gasteiger partial charge in [0.1, 0.15) is 44.1 Å². The topological polar surface area (TPSA) is 38.3 Å². The van der Waals surface area contributed by atoms with Gasteiger partial charge in [0, 0.05) is 16.2 Å². The SMILES string of the molecule is Clc1ccc2nc(-c3ccc(Br)cc3)c(C[NH+]3CC[NH2+]CC3)n2c1. The fourth-order valence-corrected chi connectivity index (χ4v) is 3.80. The van der Waals surface area contributed by atoms with Crippen LogP contribution in [0.25, 0.3) is 16.9 Å². The largest absolute Gasteiger partial charge is 0.337 e. The Hall–Kier alpha value is -1.40. The van der Waals surface area contributed by atoms with Crippen LogP contribution in [0.5, 0.6) is 0 Å². The summed E-state index contributed by atoms with van der Waals surface area (Å²) in [6.45, 7) is 5.74. The number of nitrogens with one attached hydrogen (secondary N) is 1. The first-order chi connectivity index (χ1) is 11.7. The molecule has 6 heteroatoms. The number of aromatic nitrogens is 2. The van der Waals surface area contributed by atoms with Gasteiger partial charge in [0.2, 0.25) is 0 Å². The van der Waals surface area contributed by atoms with Crippen molar-refractivity contribution in [1.29, 1.82) is 0 Å². The quantitative estimate of drug-likeness (QED) is 0.676. The third-order valence-corrected chi connectivity index (χ3v) is 5.37. The predicted molar refractivity (Wildman–Crippen MR) is 99.4 cm³/mol. The molecule has 4 nitrogen and oxygen atoms in total. The molecule has 0 radical (unpaired) electrons. The van der Waals surface area contributed by atoms with Crippen LogP contribution >= 0.6 is 27.5 Å². The highest BCUT2D eigenvalue weighted by Crippen LogP contribution is 2.26. The van der Waals surface area contributed by atoms with Crippen molar-refractivity contribution in [3.8, 4) is 11.3 Å². The van der Waals surface area contributed by atoms with Crippen LogP contribution < -0.4 is 10.2 Å². The van der Waals surface area contributed by atoms with Gasteiger partial charge in [0.25, 0.3) is 0 Å². The molecule has 1 aliphatic rings. The number of quaternary nitrogens is 2. The highest BCUT2D eigenvalue weighted by Gasteiger charge is 2.22. The van der Waals surface area contributed by atoms with Crippen LogP contribution in [-0.2, 0) is 6.54 Å². The normalized spacial score (nSPS) is 15.9. The number of halogens is 2. The van der Waals surface area contributed by atoms with Crippen LogP contribution in [0.15, 0.2) is 47.1 Å². The molecule has 2 aromatic heterocycles. The summed E-state index contributed by atoms with van der Waals surface area (Å²) in [4.78, 5) is 6.50. The molecule has 0 saturated carbocycles. The van der Waals surface area contributed by atoms with E-state index < -0.39 is 0 Å². The number of fused-ring (bicyclic) bond motifs is 1. The molecule has 1 aromatic carbocycles. The van der Waals surface area contributed by atoms with E-state index in [1.807, 2.05) is 18.3 Å². The molecule has 124 valence electrons. The summed E-state index contributed by atoms with van der Waals surface area (Å²) in [5, 5.41) is 3.13. The first kappa shape index (κ1) is 16.1. The number of benzene rings is 1. The van der Waals surface area contributed by atoms with Gasteiger partial charge in [-0.3, -0.25) is 4.40 Å². The van der Waals surface area contributed by atoms with Crippen molar-refractivity contribution in [3.05, 3.63) is 57.8 Å². The monoisotopic (exact) mass is 406 g/mol. The Kier molecular flexibility index (Phi) is 4.59. The molecule has 0 spiro atoms. The summed E-state index contributed by atoms with van der Waals surface area (Å²) in [7, 11) is 0. The number of hydrogen-bond donors (Lipinski definition) is 2. The van der Waals surface area contributed by atoms with Crippen molar-refractivity contribution in [2.45, 2.75) is 6.54 Å². The van der Waals surface area contributed by atoms with Gasteiger partial charge >= 0.3 is 0 Å². The number of hydrogen-bond acceptors (Lipinski definition) is 1. The van der Waals surface area contributed by atoms with E-state index in [1.54, 1.807) is 4.90 Å². The fraction of sp³-hybridized carbons (Fsp3) is 0.278. The molecule has 3 aromatic rings. The van der Waals surface area contributed by atoms with E-state index in [4.69, 9.17) is 16.6 Å². The zero-order valence-electron chi connectivity index (χ0n) is 13.3. The number of nitrogens with two attached hydrogens (primary N) is 1. The molecule has 1 aliphatic heterocycles. The number of nitrogens with zero attached hydrogens (tertiary/aromatic N) is 2. The van der Waals surface area contributed by atoms with Gasteiger partial charge in [0.15, 0.2) is 0 Å². The average Bonchev–Trinajstić information content (AvgIpc) is 2.94. The van der Waals surface area contributed by atoms with Crippen LogP contribution in [0.2, 0.25) is 5.02 Å². The molecule has 0 amide bonds. The molecule has 4 rings (SSSR count). The Labute approximate surface area is 154 Å². The van der Waals surface area contributed by atoms with Crippen molar-refractivity contribution in [2.75, 3.05) is 26.2 Å². The third-order valence-electron chi connectivity index (χ3n) is 4.62. The molecule has 0 aliphatic carbocycles. The maximum atomic E-state index is 6.24. The summed E-state index contributed by atoms with van der Waals surface area (Å²) in [6, 6.07) is 12.3. The van der Waals surface area contributed by atoms with Gasteiger partial charge < -0.3 is 10.2 Å². The average molecular weight is 408 g/mol. The van der Waals surface area contributed by atoms with Crippen LogP contribution in [0.3, 0.4) is 0 Å². The Balaban J connectivity index is 1.81. The first-order valence-corrected chi connectivity index (χ1v) is 9.45. The summed E-state index contributed by atoms with van der Waals surface area (Å²) < 4.78 is 3.24. The fourth-order valence-electron chi connectivity index (χ4n) is 3.37. The molecule has 3 heterocycles. The Morgan fingerprint density at radius 2 is 1.88 bits per heavy atom. The van der Waals surface area contributed by atoms with Crippen LogP contribution in [0, 0.1) is 0 Å². The van der Waals surface area contributed by atoms with Gasteiger partial charge in [0.05, 0.1) is 10.7 Å². The lowest BCUT2D eigenvalue weighted by Gasteiger charge is -2.22. The molecule has 3 N–H and O–H groups in total. The van der Waals surface area contributed by atoms with E-state index in [0.717, 1.165) is 32.9 Å². The van der Waals surface area contributed by atoms with Crippen molar-refractivity contribution in [1.82, 2.24) is 9.38 Å². The van der Waals surface area contributed by atoms with Gasteiger partial charge in [-0.2, -0.15) is 0 Å². The van der Waals surface area contributed by atoms with E-state index in [1.165, 1.54) is 31.9 Å². The lowest BCUT2D eigenvalue weighted by atomic mass is 10.1. The summed E-state index contributed by atoms with van der Waals surface area (Å²) >= 11 is 9.75. The maximum absolute atomic E-state index is 6.24. The third kappa shape index (κ3) is 3.22. The first-order valence-electron chi connectivity index (χ1n) is 8.28. The van der Waals surface area contributed by atoms with Crippen LogP contribution in [0.4, 0.5) is 0 Å². The highest BCUT2D eigenvalue weighted by atomic mass is 79.9. The summed E-state index contributed by atoms with van der Waals surface area (Å²) in [5.41, 5.74) is 4.41. The van der Waals surface area contributed by atoms with Gasteiger partial charge in [-0.15, -0.1) is 0 Å². The van der Waals surface area contributed by atoms with E-state index in [-0.39, 0.29) is 0 Å². The summed E-state index contributed by atoms with van der Waals surface area (Å²) in [5.74, 6) is 0. The number of pyridine rings is 1. The Morgan fingerprint density at radius 3 is 2.62 bits per heavy atom. The van der Waals surface area contributed by atoms with Crippen molar-refractivity contribution in [3.63, 3.8) is 0 Å². The van der Waals surface area contributed by atoms with Crippen molar-refractivity contribution in [2.24, 2.45) is 0 Å².